The molecule has 3 aromatic rings. The molecule has 0 spiro atoms. The van der Waals surface area contributed by atoms with Crippen molar-refractivity contribution in [1.29, 1.82) is 0 Å². The molecule has 0 bridgehead atoms. The summed E-state index contributed by atoms with van der Waals surface area (Å²) in [5, 5.41) is 10.3. The van der Waals surface area contributed by atoms with Gasteiger partial charge in [0.15, 0.2) is 6.61 Å². The number of nitrogens with one attached hydrogen (secondary N) is 2. The Balaban J connectivity index is 1.71. The lowest BCUT2D eigenvalue weighted by Gasteiger charge is -2.14. The quantitative estimate of drug-likeness (QED) is 0.487. The largest absolute Gasteiger partial charge is 0.485 e. The summed E-state index contributed by atoms with van der Waals surface area (Å²) in [6, 6.07) is 3.43. The van der Waals surface area contributed by atoms with Crippen LogP contribution in [0.5, 0.6) is 5.75 Å². The third-order valence-electron chi connectivity index (χ3n) is 4.41. The highest BCUT2D eigenvalue weighted by Gasteiger charge is 2.22. The van der Waals surface area contributed by atoms with E-state index in [-0.39, 0.29) is 24.1 Å². The number of halogens is 2. The van der Waals surface area contributed by atoms with Gasteiger partial charge >= 0.3 is 0 Å². The summed E-state index contributed by atoms with van der Waals surface area (Å²) in [7, 11) is 0. The van der Waals surface area contributed by atoms with Gasteiger partial charge in [0, 0.05) is 39.3 Å². The van der Waals surface area contributed by atoms with E-state index in [2.05, 4.69) is 25.7 Å². The van der Waals surface area contributed by atoms with E-state index >= 15 is 0 Å². The summed E-state index contributed by atoms with van der Waals surface area (Å²) >= 11 is 0. The van der Waals surface area contributed by atoms with Gasteiger partial charge in [-0.05, 0) is 24.6 Å². The molecule has 9 nitrogen and oxygen atoms in total. The predicted molar refractivity (Wildman–Crippen MR) is 113 cm³/mol. The van der Waals surface area contributed by atoms with E-state index in [1.165, 1.54) is 19.3 Å². The molecule has 0 aliphatic heterocycles. The molecule has 3 rings (SSSR count). The fourth-order valence-electron chi connectivity index (χ4n) is 2.96. The number of pyridine rings is 2. The van der Waals surface area contributed by atoms with Crippen molar-refractivity contribution >= 4 is 22.7 Å². The van der Waals surface area contributed by atoms with Crippen molar-refractivity contribution in [3.05, 3.63) is 47.7 Å². The molecular formula is C21H24F2N6O3. The molecule has 32 heavy (non-hydrogen) atoms. The Kier molecular flexibility index (Phi) is 6.96. The zero-order chi connectivity index (χ0) is 23.3. The average Bonchev–Trinajstić information content (AvgIpc) is 3.12. The lowest BCUT2D eigenvalue weighted by molar-refractivity contribution is -0.118. The number of ether oxygens (including phenoxy) is 1. The molecule has 0 saturated carbocycles. The van der Waals surface area contributed by atoms with E-state index in [1.54, 1.807) is 29.9 Å². The van der Waals surface area contributed by atoms with Crippen LogP contribution in [0.2, 0.25) is 0 Å². The average molecular weight is 446 g/mol. The van der Waals surface area contributed by atoms with Gasteiger partial charge in [0.05, 0.1) is 29.3 Å². The third-order valence-corrected chi connectivity index (χ3v) is 4.41. The fraction of sp³-hybridized carbons (Fsp3) is 0.381. The Morgan fingerprint density at radius 3 is 2.66 bits per heavy atom. The van der Waals surface area contributed by atoms with Crippen LogP contribution in [0.3, 0.4) is 0 Å². The van der Waals surface area contributed by atoms with Gasteiger partial charge in [-0.1, -0.05) is 0 Å². The second-order valence-corrected chi connectivity index (χ2v) is 7.46. The van der Waals surface area contributed by atoms with Crippen LogP contribution < -0.4 is 15.4 Å². The van der Waals surface area contributed by atoms with Gasteiger partial charge in [0.1, 0.15) is 11.4 Å². The van der Waals surface area contributed by atoms with Gasteiger partial charge in [-0.15, -0.1) is 0 Å². The first-order valence-corrected chi connectivity index (χ1v) is 9.93. The monoisotopic (exact) mass is 446 g/mol. The normalized spacial score (nSPS) is 11.4. The van der Waals surface area contributed by atoms with Crippen molar-refractivity contribution in [3.63, 3.8) is 0 Å². The lowest BCUT2D eigenvalue weighted by atomic mass is 10.2. The zero-order valence-corrected chi connectivity index (χ0v) is 18.0. The summed E-state index contributed by atoms with van der Waals surface area (Å²) in [5.74, 6) is -3.18. The molecule has 0 aromatic carbocycles. The Hall–Kier alpha value is -3.63. The molecule has 0 saturated heterocycles. The minimum absolute atomic E-state index is 0.174. The smallest absolute Gasteiger partial charge is 0.278 e. The maximum absolute atomic E-state index is 13.0. The first-order chi connectivity index (χ1) is 15.1. The zero-order valence-electron chi connectivity index (χ0n) is 18.0. The highest BCUT2D eigenvalue weighted by atomic mass is 19.3. The maximum Gasteiger partial charge on any atom is 0.278 e. The van der Waals surface area contributed by atoms with Crippen molar-refractivity contribution in [2.45, 2.75) is 33.2 Å². The molecule has 170 valence electrons. The van der Waals surface area contributed by atoms with E-state index < -0.39 is 12.5 Å². The van der Waals surface area contributed by atoms with Crippen molar-refractivity contribution in [2.24, 2.45) is 0 Å². The minimum Gasteiger partial charge on any atom is -0.485 e. The van der Waals surface area contributed by atoms with Crippen molar-refractivity contribution in [2.75, 3.05) is 19.7 Å². The molecule has 0 unspecified atom stereocenters. The first-order valence-electron chi connectivity index (χ1n) is 9.93. The minimum atomic E-state index is -2.93. The molecule has 0 aliphatic rings. The van der Waals surface area contributed by atoms with Crippen LogP contribution in [0, 0.1) is 6.92 Å². The van der Waals surface area contributed by atoms with Gasteiger partial charge in [-0.2, -0.15) is 5.10 Å². The number of fused-ring (bicyclic) bond motifs is 1. The number of aromatic nitrogens is 4. The second-order valence-electron chi connectivity index (χ2n) is 7.46. The van der Waals surface area contributed by atoms with Crippen LogP contribution in [-0.2, 0) is 11.3 Å². The summed E-state index contributed by atoms with van der Waals surface area (Å²) in [6.45, 7) is 4.12. The molecule has 0 radical (unpaired) electrons. The number of rotatable bonds is 9. The van der Waals surface area contributed by atoms with Gasteiger partial charge in [-0.25, -0.2) is 8.78 Å². The molecule has 2 N–H and O–H groups in total. The second kappa shape index (κ2) is 9.67. The summed E-state index contributed by atoms with van der Waals surface area (Å²) < 4.78 is 32.8. The van der Waals surface area contributed by atoms with Crippen LogP contribution in [0.4, 0.5) is 8.78 Å². The molecule has 0 atom stereocenters. The van der Waals surface area contributed by atoms with Crippen LogP contribution in [-0.4, -0.2) is 57.2 Å². The van der Waals surface area contributed by atoms with Crippen molar-refractivity contribution < 1.29 is 23.1 Å². The number of carbonyl (C=O) groups excluding carboxylic acids is 2. The molecule has 0 fully saturated rings. The van der Waals surface area contributed by atoms with Gasteiger partial charge in [0.25, 0.3) is 11.8 Å². The summed E-state index contributed by atoms with van der Waals surface area (Å²) in [5.41, 5.74) is 2.15. The summed E-state index contributed by atoms with van der Waals surface area (Å²) in [4.78, 5) is 31.8. The molecule has 0 aliphatic carbocycles. The van der Waals surface area contributed by atoms with Crippen LogP contribution in [0.25, 0.3) is 10.9 Å². The molecule has 3 heterocycles. The van der Waals surface area contributed by atoms with Crippen molar-refractivity contribution in [1.82, 2.24) is 30.4 Å². The predicted octanol–water partition coefficient (Wildman–Crippen LogP) is 2.08. The Morgan fingerprint density at radius 1 is 1.22 bits per heavy atom. The van der Waals surface area contributed by atoms with Crippen LogP contribution in [0.15, 0.2) is 30.7 Å². The fourth-order valence-corrected chi connectivity index (χ4v) is 2.96. The SMILES string of the molecule is CC(=O)NCCNC(=O)c1nccc2nn(Cc3cc(C)c(OCC(C)(F)F)cn3)cc12. The molecule has 3 aromatic heterocycles. The first kappa shape index (κ1) is 23.0. The van der Waals surface area contributed by atoms with Gasteiger partial charge in [-0.3, -0.25) is 24.2 Å². The number of hydrogen-bond donors (Lipinski definition) is 2. The maximum atomic E-state index is 13.0. The Bertz CT molecular complexity index is 1130. The highest BCUT2D eigenvalue weighted by molar-refractivity contribution is 6.04. The van der Waals surface area contributed by atoms with Gasteiger partial charge in [0.2, 0.25) is 5.91 Å². The Labute approximate surface area is 183 Å². The number of hydrogen-bond acceptors (Lipinski definition) is 6. The molecule has 11 heteroatoms. The standard InChI is InChI=1S/C21H24F2N6O3/c1-13-8-15(27-9-18(13)32-12-21(3,22)23)10-29-11-16-17(28-29)4-5-25-19(16)20(31)26-7-6-24-14(2)30/h4-5,8-9,11H,6-7,10,12H2,1-3H3,(H,24,30)(H,26,31). The number of nitrogens with zero attached hydrogens (tertiary/aromatic N) is 4. The van der Waals surface area contributed by atoms with E-state index in [9.17, 15) is 18.4 Å². The number of aryl methyl sites for hydroxylation is 1. The van der Waals surface area contributed by atoms with E-state index in [0.717, 1.165) is 6.92 Å². The number of carbonyl (C=O) groups is 2. The van der Waals surface area contributed by atoms with E-state index in [4.69, 9.17) is 4.74 Å². The van der Waals surface area contributed by atoms with Gasteiger partial charge < -0.3 is 15.4 Å². The van der Waals surface area contributed by atoms with E-state index in [1.807, 2.05) is 0 Å². The molecule has 2 amide bonds. The summed E-state index contributed by atoms with van der Waals surface area (Å²) in [6.07, 6.45) is 4.61. The number of amides is 2. The van der Waals surface area contributed by atoms with E-state index in [0.29, 0.717) is 41.0 Å². The lowest BCUT2D eigenvalue weighted by Crippen LogP contribution is -2.34. The highest BCUT2D eigenvalue weighted by Crippen LogP contribution is 2.21. The topological polar surface area (TPSA) is 111 Å². The molecular weight excluding hydrogens is 422 g/mol. The van der Waals surface area contributed by atoms with Crippen molar-refractivity contribution in [3.8, 4) is 5.75 Å². The van der Waals surface area contributed by atoms with Crippen LogP contribution >= 0.6 is 0 Å². The number of alkyl halides is 2. The third kappa shape index (κ3) is 6.19. The Morgan fingerprint density at radius 2 is 1.97 bits per heavy atom. The van der Waals surface area contributed by atoms with Crippen LogP contribution in [0.1, 0.15) is 35.6 Å².